The lowest BCUT2D eigenvalue weighted by Gasteiger charge is -2.48. The summed E-state index contributed by atoms with van der Waals surface area (Å²) in [6.45, 7) is 7.93. The van der Waals surface area contributed by atoms with Crippen molar-refractivity contribution in [3.63, 3.8) is 0 Å². The largest absolute Gasteiger partial charge is 0.300 e. The number of nitrogens with zero attached hydrogens (tertiary/aromatic N) is 4. The molecule has 156 valence electrons. The fraction of sp³-hybridized carbons (Fsp3) is 0.652. The summed E-state index contributed by atoms with van der Waals surface area (Å²) in [6, 6.07) is 4.40. The van der Waals surface area contributed by atoms with Gasteiger partial charge in [0.1, 0.15) is 5.82 Å². The van der Waals surface area contributed by atoms with E-state index in [1.807, 2.05) is 0 Å². The van der Waals surface area contributed by atoms with E-state index in [0.29, 0.717) is 23.3 Å². The van der Waals surface area contributed by atoms with Crippen molar-refractivity contribution in [3.05, 3.63) is 36.0 Å². The average molecular weight is 415 g/mol. The number of hydrogen-bond donors (Lipinski definition) is 0. The SMILES string of the molecule is CCn1nc(-c2cncc(F)c2)cc1[C@@H]1CC(N2CCC3(CC2)CSC3)CC1C. The van der Waals surface area contributed by atoms with E-state index in [-0.39, 0.29) is 5.82 Å². The third-order valence-electron chi connectivity index (χ3n) is 7.54. The van der Waals surface area contributed by atoms with Crippen LogP contribution in [-0.4, -0.2) is 50.3 Å². The number of hydrogen-bond acceptors (Lipinski definition) is 4. The zero-order valence-electron chi connectivity index (χ0n) is 17.5. The van der Waals surface area contributed by atoms with Crippen LogP contribution in [0.4, 0.5) is 4.39 Å². The highest BCUT2D eigenvalue weighted by atomic mass is 32.2. The Morgan fingerprint density at radius 2 is 1.97 bits per heavy atom. The number of thioether (sulfide) groups is 1. The van der Waals surface area contributed by atoms with Gasteiger partial charge in [0.15, 0.2) is 0 Å². The van der Waals surface area contributed by atoms with E-state index in [2.05, 4.69) is 46.2 Å². The molecule has 2 aromatic heterocycles. The van der Waals surface area contributed by atoms with E-state index >= 15 is 0 Å². The smallest absolute Gasteiger partial charge is 0.142 e. The molecule has 3 fully saturated rings. The van der Waals surface area contributed by atoms with Crippen molar-refractivity contribution in [1.29, 1.82) is 0 Å². The van der Waals surface area contributed by atoms with Crippen LogP contribution in [0.15, 0.2) is 24.5 Å². The van der Waals surface area contributed by atoms with Gasteiger partial charge in [-0.1, -0.05) is 6.92 Å². The van der Waals surface area contributed by atoms with Crippen LogP contribution in [0.25, 0.3) is 11.3 Å². The number of rotatable bonds is 4. The number of pyridine rings is 1. The summed E-state index contributed by atoms with van der Waals surface area (Å²) >= 11 is 2.12. The summed E-state index contributed by atoms with van der Waals surface area (Å²) in [4.78, 5) is 6.77. The molecule has 0 amide bonds. The van der Waals surface area contributed by atoms with Crippen LogP contribution >= 0.6 is 11.8 Å². The van der Waals surface area contributed by atoms with Gasteiger partial charge in [0.2, 0.25) is 0 Å². The molecule has 4 heterocycles. The molecular weight excluding hydrogens is 383 g/mol. The molecule has 2 unspecified atom stereocenters. The maximum Gasteiger partial charge on any atom is 0.142 e. The van der Waals surface area contributed by atoms with Crippen LogP contribution in [0.2, 0.25) is 0 Å². The van der Waals surface area contributed by atoms with E-state index in [1.54, 1.807) is 6.20 Å². The maximum atomic E-state index is 13.6. The van der Waals surface area contributed by atoms with Crippen molar-refractivity contribution >= 4 is 11.8 Å². The van der Waals surface area contributed by atoms with Gasteiger partial charge < -0.3 is 4.90 Å². The fourth-order valence-electron chi connectivity index (χ4n) is 5.64. The molecule has 3 atom stereocenters. The highest BCUT2D eigenvalue weighted by molar-refractivity contribution is 8.00. The minimum absolute atomic E-state index is 0.308. The Hall–Kier alpha value is -1.40. The minimum Gasteiger partial charge on any atom is -0.300 e. The molecule has 3 aliphatic rings. The van der Waals surface area contributed by atoms with Crippen molar-refractivity contribution in [3.8, 4) is 11.3 Å². The molecule has 2 aromatic rings. The topological polar surface area (TPSA) is 34.0 Å². The second-order valence-corrected chi connectivity index (χ2v) is 10.4. The second-order valence-electron chi connectivity index (χ2n) is 9.40. The van der Waals surface area contributed by atoms with Gasteiger partial charge in [0, 0.05) is 36.0 Å². The van der Waals surface area contributed by atoms with E-state index < -0.39 is 0 Å². The molecule has 0 bridgehead atoms. The first kappa shape index (κ1) is 19.6. The molecule has 0 radical (unpaired) electrons. The lowest BCUT2D eigenvalue weighted by atomic mass is 9.80. The summed E-state index contributed by atoms with van der Waals surface area (Å²) in [5.41, 5.74) is 3.59. The summed E-state index contributed by atoms with van der Waals surface area (Å²) in [7, 11) is 0. The number of likely N-dealkylation sites (tertiary alicyclic amines) is 1. The predicted molar refractivity (Wildman–Crippen MR) is 117 cm³/mol. The monoisotopic (exact) mass is 414 g/mol. The number of halogens is 1. The molecule has 5 rings (SSSR count). The van der Waals surface area contributed by atoms with Gasteiger partial charge >= 0.3 is 0 Å². The third-order valence-corrected chi connectivity index (χ3v) is 9.17. The van der Waals surface area contributed by atoms with Gasteiger partial charge in [-0.2, -0.15) is 16.9 Å². The van der Waals surface area contributed by atoms with Gasteiger partial charge in [-0.15, -0.1) is 0 Å². The number of aromatic nitrogens is 3. The lowest BCUT2D eigenvalue weighted by Crippen LogP contribution is -2.49. The van der Waals surface area contributed by atoms with Gasteiger partial charge in [-0.05, 0) is 80.7 Å². The fourth-order valence-corrected chi connectivity index (χ4v) is 7.00. The molecule has 0 aromatic carbocycles. The molecule has 2 saturated heterocycles. The minimum atomic E-state index is -0.308. The van der Waals surface area contributed by atoms with Gasteiger partial charge in [-0.25, -0.2) is 4.39 Å². The Bertz CT molecular complexity index is 868. The maximum absolute atomic E-state index is 13.6. The summed E-state index contributed by atoms with van der Waals surface area (Å²) in [5.74, 6) is 3.64. The number of aryl methyl sites for hydroxylation is 1. The lowest BCUT2D eigenvalue weighted by molar-refractivity contribution is 0.0932. The van der Waals surface area contributed by atoms with Crippen LogP contribution in [0, 0.1) is 17.2 Å². The molecule has 4 nitrogen and oxygen atoms in total. The Morgan fingerprint density at radius 3 is 2.62 bits per heavy atom. The van der Waals surface area contributed by atoms with Crippen LogP contribution in [0.5, 0.6) is 0 Å². The van der Waals surface area contributed by atoms with Gasteiger partial charge in [0.25, 0.3) is 0 Å². The predicted octanol–water partition coefficient (Wildman–Crippen LogP) is 4.82. The van der Waals surface area contributed by atoms with Crippen LogP contribution in [0.3, 0.4) is 0 Å². The van der Waals surface area contributed by atoms with Crippen molar-refractivity contribution in [2.24, 2.45) is 11.3 Å². The first-order valence-corrected chi connectivity index (χ1v) is 12.2. The van der Waals surface area contributed by atoms with Crippen molar-refractivity contribution in [2.75, 3.05) is 24.6 Å². The first-order chi connectivity index (χ1) is 14.1. The normalized spacial score (nSPS) is 29.3. The quantitative estimate of drug-likeness (QED) is 0.719. The molecular formula is C23H31FN4S. The van der Waals surface area contributed by atoms with Crippen molar-refractivity contribution in [2.45, 2.75) is 58.0 Å². The Kier molecular flexibility index (Phi) is 5.19. The van der Waals surface area contributed by atoms with E-state index in [1.165, 1.54) is 68.2 Å². The van der Waals surface area contributed by atoms with E-state index in [4.69, 9.17) is 5.10 Å². The molecule has 0 N–H and O–H groups in total. The van der Waals surface area contributed by atoms with Gasteiger partial charge in [0.05, 0.1) is 11.9 Å². The average Bonchev–Trinajstić information content (AvgIpc) is 3.30. The Labute approximate surface area is 177 Å². The highest BCUT2D eigenvalue weighted by Gasteiger charge is 2.44. The van der Waals surface area contributed by atoms with Crippen molar-refractivity contribution < 1.29 is 4.39 Å². The Balaban J connectivity index is 1.33. The van der Waals surface area contributed by atoms with E-state index in [0.717, 1.165) is 17.8 Å². The summed E-state index contributed by atoms with van der Waals surface area (Å²) in [6.07, 6.45) is 8.22. The standard InChI is InChI=1S/C23H31FN4S/c1-3-28-22(11-21(26-28)17-9-18(24)13-25-12-17)20-10-19(8-16(20)2)27-6-4-23(5-7-27)14-29-15-23/h9,11-13,16,19-20H,3-8,10,14-15H2,1-2H3/t16?,19?,20-/m1/s1. The second kappa shape index (κ2) is 7.69. The highest BCUT2D eigenvalue weighted by Crippen LogP contribution is 2.48. The molecule has 29 heavy (non-hydrogen) atoms. The molecule has 1 spiro atoms. The molecule has 1 saturated carbocycles. The molecule has 6 heteroatoms. The molecule has 2 aliphatic heterocycles. The van der Waals surface area contributed by atoms with Crippen LogP contribution in [0.1, 0.15) is 51.1 Å². The zero-order chi connectivity index (χ0) is 20.0. The molecule has 1 aliphatic carbocycles. The number of piperidine rings is 1. The summed E-state index contributed by atoms with van der Waals surface area (Å²) < 4.78 is 15.8. The Morgan fingerprint density at radius 1 is 1.17 bits per heavy atom. The first-order valence-electron chi connectivity index (χ1n) is 11.1. The van der Waals surface area contributed by atoms with E-state index in [9.17, 15) is 4.39 Å². The van der Waals surface area contributed by atoms with Gasteiger partial charge in [-0.3, -0.25) is 9.67 Å². The summed E-state index contributed by atoms with van der Waals surface area (Å²) in [5, 5.41) is 4.79. The zero-order valence-corrected chi connectivity index (χ0v) is 18.3. The third kappa shape index (κ3) is 3.63. The van der Waals surface area contributed by atoms with Crippen LogP contribution in [-0.2, 0) is 6.54 Å². The van der Waals surface area contributed by atoms with Crippen molar-refractivity contribution in [1.82, 2.24) is 19.7 Å². The van der Waals surface area contributed by atoms with Crippen LogP contribution < -0.4 is 0 Å².